The van der Waals surface area contributed by atoms with E-state index in [0.717, 1.165) is 0 Å². The van der Waals surface area contributed by atoms with E-state index in [1.54, 1.807) is 24.1 Å². The molecule has 0 unspecified atom stereocenters. The Bertz CT molecular complexity index is 323. The van der Waals surface area contributed by atoms with Crippen LogP contribution in [0.5, 0.6) is 0 Å². The highest BCUT2D eigenvalue weighted by atomic mass is 35.5. The van der Waals surface area contributed by atoms with E-state index in [9.17, 15) is 4.79 Å². The van der Waals surface area contributed by atoms with Crippen LogP contribution in [0.1, 0.15) is 24.4 Å². The maximum Gasteiger partial charge on any atom is 0.289 e. The van der Waals surface area contributed by atoms with Crippen LogP contribution >= 0.6 is 12.4 Å². The smallest absolute Gasteiger partial charge is 0.289 e. The van der Waals surface area contributed by atoms with Gasteiger partial charge in [0.15, 0.2) is 5.76 Å². The van der Waals surface area contributed by atoms with E-state index >= 15 is 0 Å². The molecule has 0 aromatic carbocycles. The van der Waals surface area contributed by atoms with Gasteiger partial charge in [0.05, 0.1) is 6.26 Å². The van der Waals surface area contributed by atoms with Crippen molar-refractivity contribution in [3.05, 3.63) is 24.2 Å². The molecule has 16 heavy (non-hydrogen) atoms. The van der Waals surface area contributed by atoms with Gasteiger partial charge in [-0.3, -0.25) is 4.79 Å². The molecule has 1 aromatic heterocycles. The third-order valence-electron chi connectivity index (χ3n) is 2.30. The van der Waals surface area contributed by atoms with Gasteiger partial charge in [-0.2, -0.15) is 0 Å². The molecule has 0 aliphatic carbocycles. The molecule has 0 saturated heterocycles. The van der Waals surface area contributed by atoms with Crippen molar-refractivity contribution in [1.82, 2.24) is 4.90 Å². The van der Waals surface area contributed by atoms with Crippen LogP contribution < -0.4 is 5.73 Å². The number of hydrogen-bond acceptors (Lipinski definition) is 3. The number of carbonyl (C=O) groups excluding carboxylic acids is 1. The van der Waals surface area contributed by atoms with E-state index in [1.807, 2.05) is 13.8 Å². The minimum absolute atomic E-state index is 0. The molecule has 0 radical (unpaired) electrons. The van der Waals surface area contributed by atoms with Gasteiger partial charge in [-0.05, 0) is 24.1 Å². The number of rotatable bonds is 4. The second-order valence-corrected chi connectivity index (χ2v) is 4.51. The highest BCUT2D eigenvalue weighted by Crippen LogP contribution is 2.15. The van der Waals surface area contributed by atoms with Crippen LogP contribution in [0.2, 0.25) is 0 Å². The average Bonchev–Trinajstić information content (AvgIpc) is 2.68. The fraction of sp³-hybridized carbons (Fsp3) is 0.545. The van der Waals surface area contributed by atoms with E-state index in [1.165, 1.54) is 6.26 Å². The first-order chi connectivity index (χ1) is 6.96. The normalized spacial score (nSPS) is 10.8. The number of nitrogens with two attached hydrogens (primary N) is 1. The molecular formula is C11H19ClN2O2. The summed E-state index contributed by atoms with van der Waals surface area (Å²) >= 11 is 0. The molecule has 0 fully saturated rings. The predicted molar refractivity (Wildman–Crippen MR) is 65.8 cm³/mol. The number of nitrogens with zero attached hydrogens (tertiary/aromatic N) is 1. The number of furan rings is 1. The van der Waals surface area contributed by atoms with Crippen LogP contribution in [0, 0.1) is 5.41 Å². The molecule has 5 heteroatoms. The van der Waals surface area contributed by atoms with E-state index < -0.39 is 0 Å². The van der Waals surface area contributed by atoms with Crippen LogP contribution in [0.25, 0.3) is 0 Å². The highest BCUT2D eigenvalue weighted by Gasteiger charge is 2.22. The second-order valence-electron chi connectivity index (χ2n) is 4.51. The first kappa shape index (κ1) is 15.0. The van der Waals surface area contributed by atoms with Crippen molar-refractivity contribution < 1.29 is 9.21 Å². The molecule has 4 nitrogen and oxygen atoms in total. The molecule has 0 aliphatic heterocycles. The van der Waals surface area contributed by atoms with Crippen molar-refractivity contribution in [1.29, 1.82) is 0 Å². The van der Waals surface area contributed by atoms with Crippen molar-refractivity contribution in [3.63, 3.8) is 0 Å². The number of amides is 1. The van der Waals surface area contributed by atoms with E-state index in [4.69, 9.17) is 10.2 Å². The average molecular weight is 247 g/mol. The first-order valence-electron chi connectivity index (χ1n) is 4.95. The summed E-state index contributed by atoms with van der Waals surface area (Å²) in [4.78, 5) is 13.4. The first-order valence-corrected chi connectivity index (χ1v) is 4.95. The van der Waals surface area contributed by atoms with E-state index in [2.05, 4.69) is 0 Å². The Morgan fingerprint density at radius 3 is 2.62 bits per heavy atom. The largest absolute Gasteiger partial charge is 0.459 e. The van der Waals surface area contributed by atoms with Gasteiger partial charge < -0.3 is 15.1 Å². The molecule has 0 aliphatic rings. The number of halogens is 1. The van der Waals surface area contributed by atoms with Gasteiger partial charge in [0.2, 0.25) is 0 Å². The third-order valence-corrected chi connectivity index (χ3v) is 2.30. The molecule has 0 bridgehead atoms. The van der Waals surface area contributed by atoms with E-state index in [0.29, 0.717) is 18.8 Å². The van der Waals surface area contributed by atoms with Gasteiger partial charge in [0.25, 0.3) is 5.91 Å². The minimum Gasteiger partial charge on any atom is -0.459 e. The van der Waals surface area contributed by atoms with Gasteiger partial charge >= 0.3 is 0 Å². The van der Waals surface area contributed by atoms with Crippen molar-refractivity contribution >= 4 is 18.3 Å². The zero-order chi connectivity index (χ0) is 11.5. The fourth-order valence-electron chi connectivity index (χ4n) is 1.37. The molecule has 0 atom stereocenters. The number of carbonyl (C=O) groups is 1. The predicted octanol–water partition coefficient (Wildman–Crippen LogP) is 1.76. The maximum absolute atomic E-state index is 11.8. The van der Waals surface area contributed by atoms with Crippen molar-refractivity contribution in [2.45, 2.75) is 13.8 Å². The summed E-state index contributed by atoms with van der Waals surface area (Å²) in [6.45, 7) is 5.21. The molecular weight excluding hydrogens is 228 g/mol. The van der Waals surface area contributed by atoms with Crippen LogP contribution in [0.3, 0.4) is 0 Å². The van der Waals surface area contributed by atoms with Crippen LogP contribution in [0.4, 0.5) is 0 Å². The lowest BCUT2D eigenvalue weighted by Crippen LogP contribution is -2.39. The van der Waals surface area contributed by atoms with Crippen LogP contribution in [-0.2, 0) is 0 Å². The second kappa shape index (κ2) is 5.92. The Morgan fingerprint density at radius 2 is 2.19 bits per heavy atom. The monoisotopic (exact) mass is 246 g/mol. The Labute approximate surface area is 102 Å². The lowest BCUT2D eigenvalue weighted by Gasteiger charge is -2.28. The highest BCUT2D eigenvalue weighted by molar-refractivity contribution is 5.91. The van der Waals surface area contributed by atoms with Crippen molar-refractivity contribution in [2.24, 2.45) is 11.1 Å². The van der Waals surface area contributed by atoms with Crippen molar-refractivity contribution in [3.8, 4) is 0 Å². The molecule has 0 saturated carbocycles. The molecule has 1 heterocycles. The summed E-state index contributed by atoms with van der Waals surface area (Å²) in [7, 11) is 1.75. The zero-order valence-corrected chi connectivity index (χ0v) is 10.7. The molecule has 1 amide bonds. The SMILES string of the molecule is CN(CC(C)(C)CN)C(=O)c1ccco1.Cl. The maximum atomic E-state index is 11.8. The third kappa shape index (κ3) is 3.87. The summed E-state index contributed by atoms with van der Waals surface area (Å²) in [5.74, 6) is 0.256. The molecule has 1 rings (SSSR count). The van der Waals surface area contributed by atoms with Crippen LogP contribution in [0.15, 0.2) is 22.8 Å². The van der Waals surface area contributed by atoms with Gasteiger partial charge in [-0.1, -0.05) is 13.8 Å². The number of hydrogen-bond donors (Lipinski definition) is 1. The molecule has 2 N–H and O–H groups in total. The molecule has 1 aromatic rings. The summed E-state index contributed by atoms with van der Waals surface area (Å²) in [5.41, 5.74) is 5.54. The lowest BCUT2D eigenvalue weighted by molar-refractivity contribution is 0.0709. The fourth-order valence-corrected chi connectivity index (χ4v) is 1.37. The van der Waals surface area contributed by atoms with Gasteiger partial charge in [0, 0.05) is 13.6 Å². The zero-order valence-electron chi connectivity index (χ0n) is 9.90. The Balaban J connectivity index is 0.00000225. The van der Waals surface area contributed by atoms with Gasteiger partial charge in [-0.25, -0.2) is 0 Å². The van der Waals surface area contributed by atoms with Gasteiger partial charge in [0.1, 0.15) is 0 Å². The minimum atomic E-state index is -0.110. The summed E-state index contributed by atoms with van der Waals surface area (Å²) in [6.07, 6.45) is 1.50. The quantitative estimate of drug-likeness (QED) is 0.881. The molecule has 0 spiro atoms. The Hall–Kier alpha value is -1.00. The van der Waals surface area contributed by atoms with Gasteiger partial charge in [-0.15, -0.1) is 12.4 Å². The Kier molecular flexibility index (Phi) is 5.55. The summed E-state index contributed by atoms with van der Waals surface area (Å²) < 4.78 is 5.04. The Morgan fingerprint density at radius 1 is 1.56 bits per heavy atom. The van der Waals surface area contributed by atoms with E-state index in [-0.39, 0.29) is 23.7 Å². The lowest BCUT2D eigenvalue weighted by atomic mass is 9.93. The summed E-state index contributed by atoms with van der Waals surface area (Å²) in [5, 5.41) is 0. The van der Waals surface area contributed by atoms with Crippen molar-refractivity contribution in [2.75, 3.05) is 20.1 Å². The topological polar surface area (TPSA) is 59.5 Å². The molecule has 92 valence electrons. The summed E-state index contributed by atoms with van der Waals surface area (Å²) in [6, 6.07) is 3.36. The standard InChI is InChI=1S/C11H18N2O2.ClH/c1-11(2,7-12)8-13(3)10(14)9-5-4-6-15-9;/h4-6H,7-8,12H2,1-3H3;1H. The van der Waals surface area contributed by atoms with Crippen LogP contribution in [-0.4, -0.2) is 30.9 Å².